The Morgan fingerprint density at radius 2 is 1.84 bits per heavy atom. The SMILES string of the molecule is CCCCCC(C=O)NS(=O)(=O)c1ccc(C)cc1. The van der Waals surface area contributed by atoms with Gasteiger partial charge in [-0.05, 0) is 25.5 Å². The summed E-state index contributed by atoms with van der Waals surface area (Å²) in [6, 6.07) is 5.93. The van der Waals surface area contributed by atoms with Gasteiger partial charge in [-0.15, -0.1) is 0 Å². The lowest BCUT2D eigenvalue weighted by Crippen LogP contribution is -2.35. The first-order valence-electron chi connectivity index (χ1n) is 6.54. The third kappa shape index (κ3) is 5.12. The average molecular weight is 283 g/mol. The number of nitrogens with one attached hydrogen (secondary N) is 1. The van der Waals surface area contributed by atoms with Crippen LogP contribution >= 0.6 is 0 Å². The molecule has 0 heterocycles. The molecule has 4 nitrogen and oxygen atoms in total. The van der Waals surface area contributed by atoms with E-state index >= 15 is 0 Å². The predicted octanol–water partition coefficient (Wildman–Crippen LogP) is 2.42. The number of sulfonamides is 1. The maximum Gasteiger partial charge on any atom is 0.241 e. The number of aldehydes is 1. The first-order chi connectivity index (χ1) is 8.99. The molecule has 0 spiro atoms. The summed E-state index contributed by atoms with van der Waals surface area (Å²) in [5.41, 5.74) is 0.994. The molecule has 1 aromatic carbocycles. The van der Waals surface area contributed by atoms with Crippen LogP contribution in [0, 0.1) is 6.92 Å². The second kappa shape index (κ2) is 7.40. The van der Waals surface area contributed by atoms with Gasteiger partial charge < -0.3 is 4.79 Å². The highest BCUT2D eigenvalue weighted by atomic mass is 32.2. The van der Waals surface area contributed by atoms with Crippen molar-refractivity contribution in [3.8, 4) is 0 Å². The Morgan fingerprint density at radius 1 is 1.21 bits per heavy atom. The second-order valence-corrected chi connectivity index (χ2v) is 6.39. The van der Waals surface area contributed by atoms with Gasteiger partial charge in [0.25, 0.3) is 0 Å². The van der Waals surface area contributed by atoms with Crippen LogP contribution in [-0.4, -0.2) is 20.7 Å². The number of hydrogen-bond donors (Lipinski definition) is 1. The first kappa shape index (κ1) is 15.9. The van der Waals surface area contributed by atoms with Gasteiger partial charge in [0.1, 0.15) is 6.29 Å². The van der Waals surface area contributed by atoms with Gasteiger partial charge in [-0.1, -0.05) is 43.9 Å². The molecule has 1 atom stereocenters. The zero-order chi connectivity index (χ0) is 14.3. The van der Waals surface area contributed by atoms with Crippen molar-refractivity contribution in [2.75, 3.05) is 0 Å². The van der Waals surface area contributed by atoms with E-state index in [2.05, 4.69) is 11.6 Å². The van der Waals surface area contributed by atoms with Crippen LogP contribution in [0.15, 0.2) is 29.2 Å². The number of benzene rings is 1. The fourth-order valence-electron chi connectivity index (χ4n) is 1.75. The highest BCUT2D eigenvalue weighted by Crippen LogP contribution is 2.11. The number of unbranched alkanes of at least 4 members (excludes halogenated alkanes) is 2. The Labute approximate surface area is 115 Å². The minimum Gasteiger partial charge on any atom is -0.302 e. The molecular weight excluding hydrogens is 262 g/mol. The lowest BCUT2D eigenvalue weighted by atomic mass is 10.1. The summed E-state index contributed by atoms with van der Waals surface area (Å²) in [6.45, 7) is 3.95. The van der Waals surface area contributed by atoms with E-state index in [1.807, 2.05) is 6.92 Å². The summed E-state index contributed by atoms with van der Waals surface area (Å²) in [7, 11) is -3.61. The third-order valence-corrected chi connectivity index (χ3v) is 4.43. The van der Waals surface area contributed by atoms with Gasteiger partial charge in [0.05, 0.1) is 10.9 Å². The van der Waals surface area contributed by atoms with Gasteiger partial charge in [-0.3, -0.25) is 0 Å². The van der Waals surface area contributed by atoms with Crippen LogP contribution < -0.4 is 4.72 Å². The number of carbonyl (C=O) groups is 1. The van der Waals surface area contributed by atoms with Crippen molar-refractivity contribution in [2.24, 2.45) is 0 Å². The van der Waals surface area contributed by atoms with Gasteiger partial charge in [0, 0.05) is 0 Å². The molecule has 0 amide bonds. The van der Waals surface area contributed by atoms with Crippen molar-refractivity contribution in [3.05, 3.63) is 29.8 Å². The average Bonchev–Trinajstić information content (AvgIpc) is 2.38. The second-order valence-electron chi connectivity index (χ2n) is 4.67. The van der Waals surface area contributed by atoms with Crippen LogP contribution in [0.2, 0.25) is 0 Å². The Balaban J connectivity index is 2.71. The summed E-state index contributed by atoms with van der Waals surface area (Å²) in [5.74, 6) is 0. The zero-order valence-corrected chi connectivity index (χ0v) is 12.2. The van der Waals surface area contributed by atoms with E-state index in [0.717, 1.165) is 24.8 Å². The van der Waals surface area contributed by atoms with Crippen molar-refractivity contribution in [2.45, 2.75) is 50.5 Å². The van der Waals surface area contributed by atoms with E-state index in [-0.39, 0.29) is 4.90 Å². The van der Waals surface area contributed by atoms with Gasteiger partial charge in [-0.2, -0.15) is 0 Å². The molecule has 106 valence electrons. The maximum absolute atomic E-state index is 12.1. The van der Waals surface area contributed by atoms with E-state index < -0.39 is 16.1 Å². The van der Waals surface area contributed by atoms with E-state index in [0.29, 0.717) is 12.7 Å². The molecule has 5 heteroatoms. The van der Waals surface area contributed by atoms with Crippen molar-refractivity contribution in [3.63, 3.8) is 0 Å². The van der Waals surface area contributed by atoms with E-state index in [4.69, 9.17) is 0 Å². The molecule has 0 aliphatic heterocycles. The first-order valence-corrected chi connectivity index (χ1v) is 8.02. The molecule has 0 radical (unpaired) electrons. The molecule has 0 bridgehead atoms. The quantitative estimate of drug-likeness (QED) is 0.588. The third-order valence-electron chi connectivity index (χ3n) is 2.92. The lowest BCUT2D eigenvalue weighted by Gasteiger charge is -2.13. The maximum atomic E-state index is 12.1. The summed E-state index contributed by atoms with van der Waals surface area (Å²) >= 11 is 0. The molecule has 1 N–H and O–H groups in total. The van der Waals surface area contributed by atoms with Crippen molar-refractivity contribution in [1.82, 2.24) is 4.72 Å². The van der Waals surface area contributed by atoms with E-state index in [1.54, 1.807) is 24.3 Å². The Kier molecular flexibility index (Phi) is 6.18. The summed E-state index contributed by atoms with van der Waals surface area (Å²) in [6.07, 6.45) is 4.09. The van der Waals surface area contributed by atoms with Crippen molar-refractivity contribution >= 4 is 16.3 Å². The minimum atomic E-state index is -3.61. The Hall–Kier alpha value is -1.20. The fraction of sp³-hybridized carbons (Fsp3) is 0.500. The van der Waals surface area contributed by atoms with Gasteiger partial charge in [0.2, 0.25) is 10.0 Å². The zero-order valence-electron chi connectivity index (χ0n) is 11.4. The molecule has 0 fully saturated rings. The highest BCUT2D eigenvalue weighted by Gasteiger charge is 2.19. The molecule has 0 saturated heterocycles. The molecule has 0 aliphatic carbocycles. The molecule has 0 aliphatic rings. The van der Waals surface area contributed by atoms with E-state index in [9.17, 15) is 13.2 Å². The van der Waals surface area contributed by atoms with Crippen LogP contribution in [-0.2, 0) is 14.8 Å². The van der Waals surface area contributed by atoms with Gasteiger partial charge >= 0.3 is 0 Å². The van der Waals surface area contributed by atoms with Crippen LogP contribution in [0.3, 0.4) is 0 Å². The number of rotatable bonds is 8. The summed E-state index contributed by atoms with van der Waals surface area (Å²) in [5, 5.41) is 0. The van der Waals surface area contributed by atoms with Crippen LogP contribution in [0.1, 0.15) is 38.2 Å². The van der Waals surface area contributed by atoms with Gasteiger partial charge in [-0.25, -0.2) is 13.1 Å². The lowest BCUT2D eigenvalue weighted by molar-refractivity contribution is -0.109. The van der Waals surface area contributed by atoms with Crippen molar-refractivity contribution in [1.29, 1.82) is 0 Å². The number of aryl methyl sites for hydroxylation is 1. The van der Waals surface area contributed by atoms with Crippen LogP contribution in [0.5, 0.6) is 0 Å². The standard InChI is InChI=1S/C14H21NO3S/c1-3-4-5-6-13(11-16)15-19(17,18)14-9-7-12(2)8-10-14/h7-11,13,15H,3-6H2,1-2H3. The number of carbonyl (C=O) groups excluding carboxylic acids is 1. The summed E-state index contributed by atoms with van der Waals surface area (Å²) < 4.78 is 26.6. The normalized spacial score (nSPS) is 13.2. The molecule has 19 heavy (non-hydrogen) atoms. The van der Waals surface area contributed by atoms with Crippen molar-refractivity contribution < 1.29 is 13.2 Å². The molecule has 0 saturated carbocycles. The Bertz CT molecular complexity index is 494. The molecular formula is C14H21NO3S. The van der Waals surface area contributed by atoms with Crippen LogP contribution in [0.4, 0.5) is 0 Å². The monoisotopic (exact) mass is 283 g/mol. The Morgan fingerprint density at radius 3 is 2.37 bits per heavy atom. The smallest absolute Gasteiger partial charge is 0.241 e. The predicted molar refractivity (Wildman–Crippen MR) is 75.5 cm³/mol. The van der Waals surface area contributed by atoms with Gasteiger partial charge in [0.15, 0.2) is 0 Å². The number of hydrogen-bond acceptors (Lipinski definition) is 3. The molecule has 1 rings (SSSR count). The fourth-order valence-corrected chi connectivity index (χ4v) is 2.96. The molecule has 1 aromatic rings. The minimum absolute atomic E-state index is 0.195. The summed E-state index contributed by atoms with van der Waals surface area (Å²) in [4.78, 5) is 11.1. The van der Waals surface area contributed by atoms with Crippen LogP contribution in [0.25, 0.3) is 0 Å². The molecule has 0 aromatic heterocycles. The molecule has 1 unspecified atom stereocenters. The highest BCUT2D eigenvalue weighted by molar-refractivity contribution is 7.89. The van der Waals surface area contributed by atoms with E-state index in [1.165, 1.54) is 0 Å². The topological polar surface area (TPSA) is 63.2 Å². The largest absolute Gasteiger partial charge is 0.302 e.